The summed E-state index contributed by atoms with van der Waals surface area (Å²) in [5.74, 6) is -1.55. The summed E-state index contributed by atoms with van der Waals surface area (Å²) in [4.78, 5) is 5.67. The molecule has 16 heavy (non-hydrogen) atoms. The number of benzene rings is 1. The zero-order valence-corrected chi connectivity index (χ0v) is 8.32. The van der Waals surface area contributed by atoms with Gasteiger partial charge in [0.2, 0.25) is 0 Å². The fourth-order valence-corrected chi connectivity index (χ4v) is 1.83. The first-order valence-corrected chi connectivity index (χ1v) is 4.92. The molecule has 2 heterocycles. The molecule has 0 N–H and O–H groups in total. The quantitative estimate of drug-likeness (QED) is 0.642. The zero-order valence-electron chi connectivity index (χ0n) is 8.32. The van der Waals surface area contributed by atoms with Crippen LogP contribution in [0.3, 0.4) is 0 Å². The molecule has 1 aromatic carbocycles. The molecule has 2 aliphatic rings. The molecule has 0 atom stereocenters. The van der Waals surface area contributed by atoms with E-state index in [0.717, 1.165) is 10.6 Å². The summed E-state index contributed by atoms with van der Waals surface area (Å²) in [6, 6.07) is 7.43. The van der Waals surface area contributed by atoms with E-state index in [1.807, 2.05) is 24.3 Å². The van der Waals surface area contributed by atoms with Gasteiger partial charge >= 0.3 is 0 Å². The third kappa shape index (κ3) is 1.26. The highest BCUT2D eigenvalue weighted by atomic mass is 19.2. The summed E-state index contributed by atoms with van der Waals surface area (Å²) in [5.41, 5.74) is 0.189. The molecule has 0 spiro atoms. The van der Waals surface area contributed by atoms with Crippen LogP contribution >= 0.6 is 0 Å². The average Bonchev–Trinajstić information content (AvgIpc) is 2.49. The number of hydrogen-bond donors (Lipinski definition) is 0. The molecular weight excluding hydrogens is 210 g/mol. The lowest BCUT2D eigenvalue weighted by Gasteiger charge is -2.11. The fraction of sp³-hybridized carbons (Fsp3) is 0.0833. The molecule has 1 aromatic rings. The Morgan fingerprint density at radius 2 is 2.00 bits per heavy atom. The van der Waals surface area contributed by atoms with Gasteiger partial charge in [0.15, 0.2) is 11.7 Å². The standard InChI is InChI=1S/C12H8F2N2/c13-9-7-16-6-8-3-1-2-4-10(8)15-5-11(16)12(9)14/h1-6H,7H2. The molecule has 2 nitrogen and oxygen atoms in total. The van der Waals surface area contributed by atoms with Crippen molar-refractivity contribution in [3.05, 3.63) is 58.4 Å². The summed E-state index contributed by atoms with van der Waals surface area (Å²) in [6.07, 6.45) is 3.08. The lowest BCUT2D eigenvalue weighted by molar-refractivity contribution is 0.519. The number of fused-ring (bicyclic) bond motifs is 2. The molecule has 4 heteroatoms. The molecule has 0 aromatic heterocycles. The number of halogens is 2. The number of nitrogens with zero attached hydrogens (tertiary/aromatic N) is 2. The Bertz CT molecular complexity index is 629. The van der Waals surface area contributed by atoms with E-state index >= 15 is 0 Å². The second-order valence-corrected chi connectivity index (χ2v) is 3.68. The van der Waals surface area contributed by atoms with Crippen LogP contribution in [0.1, 0.15) is 0 Å². The summed E-state index contributed by atoms with van der Waals surface area (Å²) < 4.78 is 26.5. The molecule has 80 valence electrons. The van der Waals surface area contributed by atoms with Gasteiger partial charge in [-0.15, -0.1) is 0 Å². The Balaban J connectivity index is 2.24. The third-order valence-corrected chi connectivity index (χ3v) is 2.64. The Kier molecular flexibility index (Phi) is 1.89. The first-order chi connectivity index (χ1) is 7.75. The number of hydrogen-bond acceptors (Lipinski definition) is 2. The zero-order chi connectivity index (χ0) is 11.1. The van der Waals surface area contributed by atoms with Gasteiger partial charge in [0.05, 0.1) is 23.8 Å². The van der Waals surface area contributed by atoms with Crippen LogP contribution in [0, 0.1) is 0 Å². The van der Waals surface area contributed by atoms with Gasteiger partial charge in [-0.05, 0) is 6.07 Å². The Morgan fingerprint density at radius 3 is 2.88 bits per heavy atom. The van der Waals surface area contributed by atoms with Gasteiger partial charge in [-0.2, -0.15) is 0 Å². The molecule has 2 aliphatic heterocycles. The molecule has 0 fully saturated rings. The van der Waals surface area contributed by atoms with E-state index in [2.05, 4.69) is 4.99 Å². The lowest BCUT2D eigenvalue weighted by Crippen LogP contribution is -2.26. The van der Waals surface area contributed by atoms with Gasteiger partial charge < -0.3 is 4.90 Å². The Labute approximate surface area is 90.5 Å². The van der Waals surface area contributed by atoms with Crippen molar-refractivity contribution in [3.8, 4) is 0 Å². The topological polar surface area (TPSA) is 15.6 Å². The molecule has 0 saturated carbocycles. The minimum Gasteiger partial charge on any atom is -0.337 e. The van der Waals surface area contributed by atoms with Crippen molar-refractivity contribution in [2.45, 2.75) is 0 Å². The predicted octanol–water partition coefficient (Wildman–Crippen LogP) is 1.37. The van der Waals surface area contributed by atoms with Crippen LogP contribution in [0.25, 0.3) is 6.20 Å². The van der Waals surface area contributed by atoms with Crippen LogP contribution < -0.4 is 10.6 Å². The number of allylic oxidation sites excluding steroid dienone is 1. The summed E-state index contributed by atoms with van der Waals surface area (Å²) >= 11 is 0. The maximum atomic E-state index is 13.4. The van der Waals surface area contributed by atoms with Crippen LogP contribution in [-0.4, -0.2) is 11.4 Å². The van der Waals surface area contributed by atoms with Crippen molar-refractivity contribution in [2.75, 3.05) is 6.54 Å². The smallest absolute Gasteiger partial charge is 0.181 e. The molecule has 3 rings (SSSR count). The molecule has 0 amide bonds. The molecule has 0 bridgehead atoms. The summed E-state index contributed by atoms with van der Waals surface area (Å²) in [5, 5.41) is 1.62. The van der Waals surface area contributed by atoms with E-state index in [9.17, 15) is 8.78 Å². The van der Waals surface area contributed by atoms with Gasteiger partial charge in [0.1, 0.15) is 0 Å². The van der Waals surface area contributed by atoms with Crippen LogP contribution in [0.5, 0.6) is 0 Å². The molecule has 0 saturated heterocycles. The van der Waals surface area contributed by atoms with Crippen molar-refractivity contribution >= 4 is 6.20 Å². The molecule has 0 aliphatic carbocycles. The normalized spacial score (nSPS) is 18.1. The first-order valence-electron chi connectivity index (χ1n) is 4.92. The van der Waals surface area contributed by atoms with E-state index in [-0.39, 0.29) is 12.2 Å². The van der Waals surface area contributed by atoms with E-state index in [4.69, 9.17) is 0 Å². The largest absolute Gasteiger partial charge is 0.337 e. The highest BCUT2D eigenvalue weighted by molar-refractivity contribution is 5.43. The van der Waals surface area contributed by atoms with Crippen molar-refractivity contribution in [2.24, 2.45) is 4.99 Å². The minimum atomic E-state index is -0.812. The Hall–Kier alpha value is -1.97. The van der Waals surface area contributed by atoms with E-state index in [0.29, 0.717) is 0 Å². The third-order valence-electron chi connectivity index (χ3n) is 2.64. The van der Waals surface area contributed by atoms with Gasteiger partial charge in [-0.25, -0.2) is 8.78 Å². The van der Waals surface area contributed by atoms with Crippen LogP contribution in [0.4, 0.5) is 8.78 Å². The molecule has 0 radical (unpaired) electrons. The van der Waals surface area contributed by atoms with Crippen molar-refractivity contribution < 1.29 is 8.78 Å². The summed E-state index contributed by atoms with van der Waals surface area (Å²) in [7, 11) is 0. The second-order valence-electron chi connectivity index (χ2n) is 3.68. The summed E-state index contributed by atoms with van der Waals surface area (Å²) in [6.45, 7) is -0.0540. The second kappa shape index (κ2) is 3.27. The number of rotatable bonds is 0. The van der Waals surface area contributed by atoms with Crippen LogP contribution in [-0.2, 0) is 0 Å². The molecular formula is C12H8F2N2. The number of para-hydroxylation sites is 1. The highest BCUT2D eigenvalue weighted by Crippen LogP contribution is 2.30. The van der Waals surface area contributed by atoms with E-state index in [1.165, 1.54) is 11.1 Å². The van der Waals surface area contributed by atoms with Crippen molar-refractivity contribution in [1.29, 1.82) is 0 Å². The predicted molar refractivity (Wildman–Crippen MR) is 55.7 cm³/mol. The van der Waals surface area contributed by atoms with E-state index in [1.54, 1.807) is 6.20 Å². The average molecular weight is 218 g/mol. The molecule has 0 unspecified atom stereocenters. The van der Waals surface area contributed by atoms with Crippen molar-refractivity contribution in [3.63, 3.8) is 0 Å². The Morgan fingerprint density at radius 1 is 1.19 bits per heavy atom. The first kappa shape index (κ1) is 9.27. The van der Waals surface area contributed by atoms with Crippen LogP contribution in [0.2, 0.25) is 0 Å². The minimum absolute atomic E-state index is 0.0540. The SMILES string of the molecule is FC1=C(F)C2=CN=c3ccccc3=CN2C1. The van der Waals surface area contributed by atoms with Gasteiger partial charge in [-0.1, -0.05) is 18.2 Å². The maximum absolute atomic E-state index is 13.4. The maximum Gasteiger partial charge on any atom is 0.181 e. The van der Waals surface area contributed by atoms with Gasteiger partial charge in [-0.3, -0.25) is 4.99 Å². The van der Waals surface area contributed by atoms with Crippen LogP contribution in [0.15, 0.2) is 52.8 Å². The lowest BCUT2D eigenvalue weighted by atomic mass is 10.3. The van der Waals surface area contributed by atoms with E-state index < -0.39 is 11.7 Å². The van der Waals surface area contributed by atoms with Gasteiger partial charge in [0.25, 0.3) is 0 Å². The van der Waals surface area contributed by atoms with Crippen molar-refractivity contribution in [1.82, 2.24) is 4.90 Å². The fourth-order valence-electron chi connectivity index (χ4n) is 1.83. The van der Waals surface area contributed by atoms with Gasteiger partial charge in [0, 0.05) is 11.4 Å². The monoisotopic (exact) mass is 218 g/mol. The highest BCUT2D eigenvalue weighted by Gasteiger charge is 2.26.